The summed E-state index contributed by atoms with van der Waals surface area (Å²) in [6.07, 6.45) is 12.6. The monoisotopic (exact) mass is 520 g/mol. The Hall–Kier alpha value is -1.39. The number of ether oxygens (including phenoxy) is 3. The molecule has 4 saturated carbocycles. The van der Waals surface area contributed by atoms with Gasteiger partial charge in [-0.1, -0.05) is 45.9 Å². The van der Waals surface area contributed by atoms with Crippen LogP contribution in [0.5, 0.6) is 0 Å². The minimum atomic E-state index is -0.314. The van der Waals surface area contributed by atoms with Crippen molar-refractivity contribution in [1.29, 1.82) is 0 Å². The summed E-state index contributed by atoms with van der Waals surface area (Å²) in [6.45, 7) is 10.9. The van der Waals surface area contributed by atoms with E-state index in [2.05, 4.69) is 27.7 Å². The third-order valence-electron chi connectivity index (χ3n) is 13.2. The molecular weight excluding hydrogens is 472 g/mol. The highest BCUT2D eigenvalue weighted by Gasteiger charge is 2.69. The van der Waals surface area contributed by atoms with Gasteiger partial charge in [0.2, 0.25) is 0 Å². The zero-order chi connectivity index (χ0) is 26.3. The van der Waals surface area contributed by atoms with Crippen molar-refractivity contribution in [2.24, 2.45) is 52.3 Å². The van der Waals surface area contributed by atoms with Crippen LogP contribution < -0.4 is 0 Å². The lowest BCUT2D eigenvalue weighted by molar-refractivity contribution is -0.273. The molecule has 0 amide bonds. The maximum Gasteiger partial charge on any atom is 0.338 e. The zero-order valence-electron chi connectivity index (χ0n) is 24.0. The van der Waals surface area contributed by atoms with Crippen LogP contribution in [0.2, 0.25) is 0 Å². The first kappa shape index (κ1) is 25.6. The van der Waals surface area contributed by atoms with Crippen molar-refractivity contribution in [3.8, 4) is 0 Å². The van der Waals surface area contributed by atoms with Crippen molar-refractivity contribution >= 4 is 5.97 Å². The van der Waals surface area contributed by atoms with Gasteiger partial charge in [0.05, 0.1) is 18.3 Å². The van der Waals surface area contributed by atoms with Crippen LogP contribution in [-0.2, 0) is 14.2 Å². The van der Waals surface area contributed by atoms with Gasteiger partial charge in [-0.3, -0.25) is 0 Å². The molecule has 2 heterocycles. The Morgan fingerprint density at radius 3 is 2.45 bits per heavy atom. The zero-order valence-corrected chi connectivity index (χ0v) is 24.0. The van der Waals surface area contributed by atoms with E-state index in [1.807, 2.05) is 30.3 Å². The van der Waals surface area contributed by atoms with Gasteiger partial charge in [0.15, 0.2) is 5.79 Å². The van der Waals surface area contributed by atoms with E-state index in [4.69, 9.17) is 14.2 Å². The first-order valence-corrected chi connectivity index (χ1v) is 15.8. The number of hydrogen-bond acceptors (Lipinski definition) is 4. The highest BCUT2D eigenvalue weighted by molar-refractivity contribution is 5.89. The molecule has 6 aliphatic rings. The first-order chi connectivity index (χ1) is 18.2. The Balaban J connectivity index is 1.05. The molecule has 3 unspecified atom stereocenters. The highest BCUT2D eigenvalue weighted by atomic mass is 16.7. The molecule has 0 aromatic heterocycles. The second kappa shape index (κ2) is 9.06. The molecule has 0 radical (unpaired) electrons. The number of rotatable bonds is 2. The molecule has 2 saturated heterocycles. The second-order valence-corrected chi connectivity index (χ2v) is 14.8. The lowest BCUT2D eigenvalue weighted by atomic mass is 9.44. The lowest BCUT2D eigenvalue weighted by Gasteiger charge is -2.61. The predicted molar refractivity (Wildman–Crippen MR) is 147 cm³/mol. The Bertz CT molecular complexity index is 1050. The van der Waals surface area contributed by atoms with Crippen LogP contribution in [0.3, 0.4) is 0 Å². The Morgan fingerprint density at radius 2 is 1.68 bits per heavy atom. The van der Waals surface area contributed by atoms with Crippen LogP contribution >= 0.6 is 0 Å². The molecule has 4 heteroatoms. The number of fused-ring (bicyclic) bond motifs is 7. The summed E-state index contributed by atoms with van der Waals surface area (Å²) in [6, 6.07) is 9.51. The maximum atomic E-state index is 12.7. The molecule has 208 valence electrons. The van der Waals surface area contributed by atoms with Crippen LogP contribution in [-0.4, -0.2) is 30.6 Å². The normalized spacial score (nSPS) is 51.5. The van der Waals surface area contributed by atoms with Gasteiger partial charge in [0, 0.05) is 12.3 Å². The average Bonchev–Trinajstić information content (AvgIpc) is 3.36. The van der Waals surface area contributed by atoms with Gasteiger partial charge >= 0.3 is 5.97 Å². The van der Waals surface area contributed by atoms with E-state index in [1.54, 1.807) is 0 Å². The standard InChI is InChI=1S/C34H48O4/c1-21-12-17-34(36-20-21)22(2)30-29(38-34)19-28-26-11-10-24-18-25(37-31(35)23-8-6-5-7-9-23)13-15-32(24,3)27(26)14-16-33(28,30)4/h5-9,21-22,24-30H,10-20H2,1-4H3/t21?,22-,24-,25+,26+,27?,28?,29-,30-,32-,33-,34+/m0/s1. The molecule has 4 nitrogen and oxygen atoms in total. The molecule has 6 fully saturated rings. The fourth-order valence-corrected chi connectivity index (χ4v) is 11.1. The third kappa shape index (κ3) is 3.71. The van der Waals surface area contributed by atoms with E-state index in [-0.39, 0.29) is 17.9 Å². The molecule has 38 heavy (non-hydrogen) atoms. The van der Waals surface area contributed by atoms with Crippen LogP contribution in [0.4, 0.5) is 0 Å². The summed E-state index contributed by atoms with van der Waals surface area (Å²) in [5.74, 6) is 4.41. The summed E-state index contributed by atoms with van der Waals surface area (Å²) in [5.41, 5.74) is 1.44. The highest BCUT2D eigenvalue weighted by Crippen LogP contribution is 2.71. The van der Waals surface area contributed by atoms with E-state index in [0.29, 0.717) is 46.2 Å². The lowest BCUT2D eigenvalue weighted by Crippen LogP contribution is -2.55. The van der Waals surface area contributed by atoms with Gasteiger partial charge in [-0.25, -0.2) is 4.79 Å². The minimum absolute atomic E-state index is 0.0701. The minimum Gasteiger partial charge on any atom is -0.459 e. The van der Waals surface area contributed by atoms with Crippen molar-refractivity contribution in [3.05, 3.63) is 35.9 Å². The van der Waals surface area contributed by atoms with Gasteiger partial charge in [-0.05, 0) is 116 Å². The number of carbonyl (C=O) groups is 1. The summed E-state index contributed by atoms with van der Waals surface area (Å²) >= 11 is 0. The molecule has 1 aromatic carbocycles. The topological polar surface area (TPSA) is 44.8 Å². The number of benzene rings is 1. The molecule has 0 N–H and O–H groups in total. The van der Waals surface area contributed by atoms with Crippen molar-refractivity contribution in [2.75, 3.05) is 6.61 Å². The molecule has 7 rings (SSSR count). The van der Waals surface area contributed by atoms with E-state index < -0.39 is 0 Å². The van der Waals surface area contributed by atoms with E-state index in [0.717, 1.165) is 43.6 Å². The Kier molecular flexibility index (Phi) is 6.10. The van der Waals surface area contributed by atoms with Crippen molar-refractivity contribution < 1.29 is 19.0 Å². The summed E-state index contributed by atoms with van der Waals surface area (Å²) in [7, 11) is 0. The second-order valence-electron chi connectivity index (χ2n) is 14.8. The van der Waals surface area contributed by atoms with Crippen molar-refractivity contribution in [3.63, 3.8) is 0 Å². The van der Waals surface area contributed by atoms with Gasteiger partial charge in [0.25, 0.3) is 0 Å². The summed E-state index contributed by atoms with van der Waals surface area (Å²) in [5, 5.41) is 0. The van der Waals surface area contributed by atoms with Gasteiger partial charge in [-0.2, -0.15) is 0 Å². The largest absolute Gasteiger partial charge is 0.459 e. The molecule has 12 atom stereocenters. The van der Waals surface area contributed by atoms with Crippen LogP contribution in [0, 0.1) is 52.3 Å². The quantitative estimate of drug-likeness (QED) is 0.376. The molecule has 1 aromatic rings. The van der Waals surface area contributed by atoms with Crippen LogP contribution in [0.15, 0.2) is 30.3 Å². The summed E-state index contributed by atoms with van der Waals surface area (Å²) < 4.78 is 19.5. The third-order valence-corrected chi connectivity index (χ3v) is 13.2. The average molecular weight is 521 g/mol. The van der Waals surface area contributed by atoms with Crippen molar-refractivity contribution in [1.82, 2.24) is 0 Å². The van der Waals surface area contributed by atoms with Crippen LogP contribution in [0.1, 0.15) is 102 Å². The maximum absolute atomic E-state index is 12.7. The predicted octanol–water partition coefficient (Wildman–Crippen LogP) is 7.66. The molecular formula is C34H48O4. The van der Waals surface area contributed by atoms with Gasteiger partial charge in [0.1, 0.15) is 6.10 Å². The summed E-state index contributed by atoms with van der Waals surface area (Å²) in [4.78, 5) is 12.7. The number of esters is 1. The smallest absolute Gasteiger partial charge is 0.338 e. The first-order valence-electron chi connectivity index (χ1n) is 15.8. The number of hydrogen-bond donors (Lipinski definition) is 0. The van der Waals surface area contributed by atoms with Crippen molar-refractivity contribution in [2.45, 2.75) is 110 Å². The molecule has 4 aliphatic carbocycles. The molecule has 2 aliphatic heterocycles. The van der Waals surface area contributed by atoms with Gasteiger partial charge < -0.3 is 14.2 Å². The van der Waals surface area contributed by atoms with E-state index in [9.17, 15) is 4.79 Å². The number of carbonyl (C=O) groups excluding carboxylic acids is 1. The van der Waals surface area contributed by atoms with Crippen LogP contribution in [0.25, 0.3) is 0 Å². The SMILES string of the molecule is CC1CC[C@@]2(OC1)O[C@H]1CC3[C@@H]4CC[C@H]5C[C@H](OC(=O)c6ccccc6)CC[C@]5(C)C4CC[C@]3(C)[C@H]1[C@@H]2C. The Labute approximate surface area is 229 Å². The van der Waals surface area contributed by atoms with E-state index in [1.165, 1.54) is 44.9 Å². The Morgan fingerprint density at radius 1 is 0.895 bits per heavy atom. The fraction of sp³-hybridized carbons (Fsp3) is 0.794. The van der Waals surface area contributed by atoms with E-state index >= 15 is 0 Å². The molecule has 1 spiro atoms. The van der Waals surface area contributed by atoms with Gasteiger partial charge in [-0.15, -0.1) is 0 Å². The molecule has 0 bridgehead atoms. The fourth-order valence-electron chi connectivity index (χ4n) is 11.1.